The molecule has 1 saturated heterocycles. The first-order valence-electron chi connectivity index (χ1n) is 10.2. The van der Waals surface area contributed by atoms with Crippen molar-refractivity contribution in [3.8, 4) is 0 Å². The van der Waals surface area contributed by atoms with Gasteiger partial charge >= 0.3 is 6.03 Å². The van der Waals surface area contributed by atoms with E-state index in [1.165, 1.54) is 31.7 Å². The maximum absolute atomic E-state index is 12.4. The van der Waals surface area contributed by atoms with E-state index in [4.69, 9.17) is 0 Å². The van der Waals surface area contributed by atoms with Gasteiger partial charge in [0.15, 0.2) is 0 Å². The van der Waals surface area contributed by atoms with Crippen molar-refractivity contribution in [3.63, 3.8) is 0 Å². The minimum Gasteiger partial charge on any atom is -0.335 e. The Morgan fingerprint density at radius 1 is 1.00 bits per heavy atom. The van der Waals surface area contributed by atoms with Gasteiger partial charge in [-0.05, 0) is 37.0 Å². The van der Waals surface area contributed by atoms with Gasteiger partial charge in [0.2, 0.25) is 5.91 Å². The molecule has 3 rings (SSSR count). The maximum Gasteiger partial charge on any atom is 0.317 e. The molecule has 6 nitrogen and oxygen atoms in total. The summed E-state index contributed by atoms with van der Waals surface area (Å²) in [4.78, 5) is 27.9. The molecule has 6 heteroatoms. The summed E-state index contributed by atoms with van der Waals surface area (Å²) in [5.41, 5.74) is 2.10. The summed E-state index contributed by atoms with van der Waals surface area (Å²) in [6.07, 6.45) is 7.03. The zero-order chi connectivity index (χ0) is 19.1. The lowest BCUT2D eigenvalue weighted by molar-refractivity contribution is -0.114. The van der Waals surface area contributed by atoms with Crippen molar-refractivity contribution in [3.05, 3.63) is 29.8 Å². The van der Waals surface area contributed by atoms with Crippen LogP contribution in [0.1, 0.15) is 44.6 Å². The fraction of sp³-hybridized carbons (Fsp3) is 0.619. The van der Waals surface area contributed by atoms with Gasteiger partial charge < -0.3 is 15.5 Å². The number of carbonyl (C=O) groups is 2. The van der Waals surface area contributed by atoms with Gasteiger partial charge in [-0.3, -0.25) is 9.69 Å². The van der Waals surface area contributed by atoms with Crippen molar-refractivity contribution in [2.24, 2.45) is 0 Å². The first-order chi connectivity index (χ1) is 13.1. The number of piperazine rings is 1. The summed E-state index contributed by atoms with van der Waals surface area (Å²) in [5, 5.41) is 6.01. The Morgan fingerprint density at radius 3 is 2.30 bits per heavy atom. The molecule has 1 saturated carbocycles. The molecule has 1 aliphatic carbocycles. The number of anilines is 1. The van der Waals surface area contributed by atoms with E-state index in [-0.39, 0.29) is 11.9 Å². The Morgan fingerprint density at radius 2 is 1.67 bits per heavy atom. The number of carbonyl (C=O) groups excluding carboxylic acids is 2. The largest absolute Gasteiger partial charge is 0.335 e. The molecule has 3 amide bonds. The van der Waals surface area contributed by atoms with Crippen LogP contribution in [-0.4, -0.2) is 60.5 Å². The molecule has 0 radical (unpaired) electrons. The van der Waals surface area contributed by atoms with Crippen molar-refractivity contribution in [2.75, 3.05) is 38.0 Å². The summed E-state index contributed by atoms with van der Waals surface area (Å²) in [6, 6.07) is 8.53. The van der Waals surface area contributed by atoms with E-state index in [0.717, 1.165) is 57.7 Å². The zero-order valence-corrected chi connectivity index (χ0v) is 16.4. The molecule has 1 aliphatic heterocycles. The van der Waals surface area contributed by atoms with Crippen LogP contribution in [0.15, 0.2) is 24.3 Å². The van der Waals surface area contributed by atoms with E-state index >= 15 is 0 Å². The highest BCUT2D eigenvalue weighted by Crippen LogP contribution is 2.18. The van der Waals surface area contributed by atoms with Gasteiger partial charge in [0.05, 0.1) is 0 Å². The predicted octanol–water partition coefficient (Wildman–Crippen LogP) is 2.85. The Balaban J connectivity index is 1.36. The average molecular weight is 373 g/mol. The number of hydrogen-bond donors (Lipinski definition) is 2. The van der Waals surface area contributed by atoms with E-state index in [1.807, 2.05) is 17.0 Å². The third-order valence-electron chi connectivity index (χ3n) is 5.58. The van der Waals surface area contributed by atoms with Crippen molar-refractivity contribution < 1.29 is 9.59 Å². The van der Waals surface area contributed by atoms with Crippen LogP contribution in [-0.2, 0) is 11.2 Å². The summed E-state index contributed by atoms with van der Waals surface area (Å²) in [5.74, 6) is -0.0480. The normalized spacial score (nSPS) is 18.9. The maximum atomic E-state index is 12.4. The molecule has 2 aliphatic rings. The van der Waals surface area contributed by atoms with Crippen LogP contribution >= 0.6 is 0 Å². The van der Waals surface area contributed by atoms with Crippen LogP contribution in [0.4, 0.5) is 10.5 Å². The Bertz CT molecular complexity index is 618. The van der Waals surface area contributed by atoms with Crippen LogP contribution < -0.4 is 10.6 Å². The molecule has 0 atom stereocenters. The van der Waals surface area contributed by atoms with Crippen molar-refractivity contribution in [1.82, 2.24) is 15.1 Å². The lowest BCUT2D eigenvalue weighted by Crippen LogP contribution is -2.53. The topological polar surface area (TPSA) is 64.7 Å². The smallest absolute Gasteiger partial charge is 0.317 e. The number of rotatable bonds is 5. The van der Waals surface area contributed by atoms with Crippen LogP contribution in [0.25, 0.3) is 0 Å². The van der Waals surface area contributed by atoms with Gasteiger partial charge in [0.1, 0.15) is 0 Å². The number of urea groups is 1. The number of nitrogens with zero attached hydrogens (tertiary/aromatic N) is 2. The van der Waals surface area contributed by atoms with E-state index in [1.54, 1.807) is 0 Å². The monoisotopic (exact) mass is 372 g/mol. The summed E-state index contributed by atoms with van der Waals surface area (Å²) in [7, 11) is 0. The standard InChI is InChI=1S/C21H32N4O2/c1-17(26)22-20-9-7-18(8-10-20)11-12-24-13-15-25(16-14-24)21(27)23-19-5-3-2-4-6-19/h7-10,19H,2-6,11-16H2,1H3,(H,22,26)(H,23,27). The highest BCUT2D eigenvalue weighted by Gasteiger charge is 2.23. The Labute approximate surface area is 162 Å². The molecule has 0 unspecified atom stereocenters. The lowest BCUT2D eigenvalue weighted by atomic mass is 9.96. The van der Waals surface area contributed by atoms with E-state index < -0.39 is 0 Å². The molecular weight excluding hydrogens is 340 g/mol. The first-order valence-corrected chi connectivity index (χ1v) is 10.2. The quantitative estimate of drug-likeness (QED) is 0.835. The number of hydrogen-bond acceptors (Lipinski definition) is 3. The Kier molecular flexibility index (Phi) is 7.10. The minimum atomic E-state index is -0.0480. The lowest BCUT2D eigenvalue weighted by Gasteiger charge is -2.36. The second-order valence-corrected chi connectivity index (χ2v) is 7.74. The average Bonchev–Trinajstić information content (AvgIpc) is 2.68. The Hall–Kier alpha value is -2.08. The summed E-state index contributed by atoms with van der Waals surface area (Å²) < 4.78 is 0. The van der Waals surface area contributed by atoms with Crippen molar-refractivity contribution >= 4 is 17.6 Å². The number of benzene rings is 1. The third-order valence-corrected chi connectivity index (χ3v) is 5.58. The second-order valence-electron chi connectivity index (χ2n) is 7.74. The van der Waals surface area contributed by atoms with Crippen LogP contribution in [0, 0.1) is 0 Å². The van der Waals surface area contributed by atoms with E-state index in [0.29, 0.717) is 6.04 Å². The minimum absolute atomic E-state index is 0.0480. The van der Waals surface area contributed by atoms with Crippen LogP contribution in [0.3, 0.4) is 0 Å². The fourth-order valence-electron chi connectivity index (χ4n) is 3.93. The van der Waals surface area contributed by atoms with Gasteiger partial charge in [-0.2, -0.15) is 0 Å². The van der Waals surface area contributed by atoms with Gasteiger partial charge in [0, 0.05) is 51.4 Å². The number of nitrogens with one attached hydrogen (secondary N) is 2. The molecule has 1 aromatic rings. The summed E-state index contributed by atoms with van der Waals surface area (Å²) in [6.45, 7) is 5.99. The van der Waals surface area contributed by atoms with Gasteiger partial charge in [-0.25, -0.2) is 4.79 Å². The molecule has 27 heavy (non-hydrogen) atoms. The zero-order valence-electron chi connectivity index (χ0n) is 16.4. The molecule has 0 aromatic heterocycles. The number of amides is 3. The molecule has 1 heterocycles. The summed E-state index contributed by atoms with van der Waals surface area (Å²) >= 11 is 0. The van der Waals surface area contributed by atoms with E-state index in [9.17, 15) is 9.59 Å². The van der Waals surface area contributed by atoms with Crippen molar-refractivity contribution in [1.29, 1.82) is 0 Å². The molecule has 2 fully saturated rings. The van der Waals surface area contributed by atoms with Gasteiger partial charge in [-0.1, -0.05) is 31.4 Å². The molecular formula is C21H32N4O2. The van der Waals surface area contributed by atoms with Gasteiger partial charge in [-0.15, -0.1) is 0 Å². The molecule has 0 bridgehead atoms. The van der Waals surface area contributed by atoms with Crippen molar-refractivity contribution in [2.45, 2.75) is 51.5 Å². The van der Waals surface area contributed by atoms with E-state index in [2.05, 4.69) is 27.7 Å². The molecule has 1 aromatic carbocycles. The highest BCUT2D eigenvalue weighted by atomic mass is 16.2. The SMILES string of the molecule is CC(=O)Nc1ccc(CCN2CCN(C(=O)NC3CCCCC3)CC2)cc1. The van der Waals surface area contributed by atoms with Gasteiger partial charge in [0.25, 0.3) is 0 Å². The molecule has 148 valence electrons. The first kappa shape index (κ1) is 19.7. The van der Waals surface area contributed by atoms with Crippen LogP contribution in [0.5, 0.6) is 0 Å². The third kappa shape index (κ3) is 6.24. The molecule has 2 N–H and O–H groups in total. The highest BCUT2D eigenvalue weighted by molar-refractivity contribution is 5.88. The van der Waals surface area contributed by atoms with Crippen LogP contribution in [0.2, 0.25) is 0 Å². The second kappa shape index (κ2) is 9.74. The predicted molar refractivity (Wildman–Crippen MR) is 108 cm³/mol. The fourth-order valence-corrected chi connectivity index (χ4v) is 3.93. The molecule has 0 spiro atoms.